The van der Waals surface area contributed by atoms with Crippen LogP contribution in [-0.2, 0) is 10.0 Å². The summed E-state index contributed by atoms with van der Waals surface area (Å²) in [6.45, 7) is 2.03. The van der Waals surface area contributed by atoms with Crippen LogP contribution in [0.1, 0.15) is 38.5 Å². The van der Waals surface area contributed by atoms with Crippen LogP contribution in [0.25, 0.3) is 0 Å². The lowest BCUT2D eigenvalue weighted by atomic mass is 10.1. The molecule has 0 aromatic rings. The van der Waals surface area contributed by atoms with Gasteiger partial charge in [-0.3, -0.25) is 0 Å². The highest BCUT2D eigenvalue weighted by molar-refractivity contribution is 7.89. The molecule has 1 unspecified atom stereocenters. The summed E-state index contributed by atoms with van der Waals surface area (Å²) in [4.78, 5) is 0. The van der Waals surface area contributed by atoms with Gasteiger partial charge in [-0.1, -0.05) is 12.8 Å². The Morgan fingerprint density at radius 3 is 2.56 bits per heavy atom. The average molecular weight is 246 g/mol. The fraction of sp³-hybridized carbons (Fsp3) is 1.00. The van der Waals surface area contributed by atoms with Crippen molar-refractivity contribution in [3.8, 4) is 0 Å². The van der Waals surface area contributed by atoms with Gasteiger partial charge in [0.2, 0.25) is 10.0 Å². The van der Waals surface area contributed by atoms with E-state index < -0.39 is 10.0 Å². The van der Waals surface area contributed by atoms with Gasteiger partial charge in [-0.2, -0.15) is 0 Å². The zero-order valence-corrected chi connectivity index (χ0v) is 10.6. The van der Waals surface area contributed by atoms with Crippen LogP contribution in [0.4, 0.5) is 0 Å². The minimum atomic E-state index is -3.03. The van der Waals surface area contributed by atoms with Crippen molar-refractivity contribution in [2.45, 2.75) is 44.6 Å². The SMILES string of the molecule is O=S(=O)(CCC1CCNC1)NC1CCCC1. The smallest absolute Gasteiger partial charge is 0.211 e. The Kier molecular flexibility index (Phi) is 4.21. The third-order valence-electron chi connectivity index (χ3n) is 3.66. The van der Waals surface area contributed by atoms with Crippen LogP contribution in [0, 0.1) is 5.92 Å². The van der Waals surface area contributed by atoms with Gasteiger partial charge in [0, 0.05) is 6.04 Å². The molecular weight excluding hydrogens is 224 g/mol. The third kappa shape index (κ3) is 3.71. The largest absolute Gasteiger partial charge is 0.316 e. The molecule has 0 aromatic heterocycles. The minimum absolute atomic E-state index is 0.215. The molecule has 2 N–H and O–H groups in total. The van der Waals surface area contributed by atoms with Crippen LogP contribution in [0.3, 0.4) is 0 Å². The maximum Gasteiger partial charge on any atom is 0.211 e. The molecule has 94 valence electrons. The quantitative estimate of drug-likeness (QED) is 0.756. The highest BCUT2D eigenvalue weighted by Crippen LogP contribution is 2.19. The van der Waals surface area contributed by atoms with E-state index in [9.17, 15) is 8.42 Å². The third-order valence-corrected chi connectivity index (χ3v) is 5.12. The van der Waals surface area contributed by atoms with Crippen LogP contribution in [0.15, 0.2) is 0 Å². The molecule has 1 atom stereocenters. The number of hydrogen-bond acceptors (Lipinski definition) is 3. The molecule has 16 heavy (non-hydrogen) atoms. The lowest BCUT2D eigenvalue weighted by Gasteiger charge is -2.14. The summed E-state index contributed by atoms with van der Waals surface area (Å²) < 4.78 is 26.5. The summed E-state index contributed by atoms with van der Waals surface area (Å²) in [5, 5.41) is 3.27. The first kappa shape index (κ1) is 12.3. The predicted molar refractivity (Wildman–Crippen MR) is 64.8 cm³/mol. The number of sulfonamides is 1. The molecule has 2 rings (SSSR count). The lowest BCUT2D eigenvalue weighted by molar-refractivity contribution is 0.525. The van der Waals surface area contributed by atoms with Gasteiger partial charge in [0.1, 0.15) is 0 Å². The normalized spacial score (nSPS) is 27.6. The average Bonchev–Trinajstić information content (AvgIpc) is 2.85. The van der Waals surface area contributed by atoms with Gasteiger partial charge < -0.3 is 5.32 Å². The Bertz CT molecular complexity index is 304. The topological polar surface area (TPSA) is 58.2 Å². The first-order valence-electron chi connectivity index (χ1n) is 6.36. The number of hydrogen-bond donors (Lipinski definition) is 2. The molecule has 2 fully saturated rings. The maximum atomic E-state index is 11.8. The predicted octanol–water partition coefficient (Wildman–Crippen LogP) is 0.848. The van der Waals surface area contributed by atoms with E-state index >= 15 is 0 Å². The molecule has 1 saturated heterocycles. The molecule has 1 aliphatic carbocycles. The molecule has 5 heteroatoms. The first-order chi connectivity index (χ1) is 7.66. The molecule has 1 saturated carbocycles. The van der Waals surface area contributed by atoms with Crippen LogP contribution in [-0.4, -0.2) is 33.3 Å². The Labute approximate surface area is 98.2 Å². The second kappa shape index (κ2) is 5.47. The Balaban J connectivity index is 1.73. The summed E-state index contributed by atoms with van der Waals surface area (Å²) in [6, 6.07) is 0.215. The van der Waals surface area contributed by atoms with E-state index in [4.69, 9.17) is 0 Å². The monoisotopic (exact) mass is 246 g/mol. The fourth-order valence-corrected chi connectivity index (χ4v) is 4.14. The molecule has 0 bridgehead atoms. The second-order valence-electron chi connectivity index (χ2n) is 5.07. The van der Waals surface area contributed by atoms with Gasteiger partial charge >= 0.3 is 0 Å². The highest BCUT2D eigenvalue weighted by atomic mass is 32.2. The summed E-state index contributed by atoms with van der Waals surface area (Å²) in [7, 11) is -3.03. The summed E-state index contributed by atoms with van der Waals surface area (Å²) >= 11 is 0. The van der Waals surface area contributed by atoms with E-state index in [2.05, 4.69) is 10.0 Å². The van der Waals surface area contributed by atoms with Gasteiger partial charge in [0.15, 0.2) is 0 Å². The molecule has 2 aliphatic rings. The molecule has 0 radical (unpaired) electrons. The Morgan fingerprint density at radius 2 is 1.94 bits per heavy atom. The van der Waals surface area contributed by atoms with Crippen LogP contribution < -0.4 is 10.0 Å². The van der Waals surface area contributed by atoms with Gasteiger partial charge in [0.05, 0.1) is 5.75 Å². The van der Waals surface area contributed by atoms with E-state index in [1.807, 2.05) is 0 Å². The number of rotatable bonds is 5. The van der Waals surface area contributed by atoms with Gasteiger partial charge in [0.25, 0.3) is 0 Å². The van der Waals surface area contributed by atoms with Crippen LogP contribution in [0.5, 0.6) is 0 Å². The summed E-state index contributed by atoms with van der Waals surface area (Å²) in [5.41, 5.74) is 0. The van der Waals surface area contributed by atoms with E-state index in [0.717, 1.165) is 38.8 Å². The van der Waals surface area contributed by atoms with E-state index in [-0.39, 0.29) is 6.04 Å². The van der Waals surface area contributed by atoms with E-state index in [1.54, 1.807) is 0 Å². The van der Waals surface area contributed by atoms with Gasteiger partial charge in [-0.05, 0) is 44.7 Å². The highest BCUT2D eigenvalue weighted by Gasteiger charge is 2.23. The minimum Gasteiger partial charge on any atom is -0.316 e. The van der Waals surface area contributed by atoms with Crippen molar-refractivity contribution in [2.24, 2.45) is 5.92 Å². The molecule has 0 aromatic carbocycles. The molecule has 1 aliphatic heterocycles. The number of nitrogens with one attached hydrogen (secondary N) is 2. The maximum absolute atomic E-state index is 11.8. The summed E-state index contributed by atoms with van der Waals surface area (Å²) in [5.74, 6) is 0.857. The lowest BCUT2D eigenvalue weighted by Crippen LogP contribution is -2.35. The standard InChI is InChI=1S/C11H22N2O2S/c14-16(15,13-11-3-1-2-4-11)8-6-10-5-7-12-9-10/h10-13H,1-9H2. The van der Waals surface area contributed by atoms with E-state index in [0.29, 0.717) is 11.7 Å². The second-order valence-corrected chi connectivity index (χ2v) is 6.94. The Morgan fingerprint density at radius 1 is 1.19 bits per heavy atom. The van der Waals surface area contributed by atoms with Crippen molar-refractivity contribution in [1.82, 2.24) is 10.0 Å². The zero-order valence-electron chi connectivity index (χ0n) is 9.74. The van der Waals surface area contributed by atoms with Gasteiger partial charge in [-0.15, -0.1) is 0 Å². The van der Waals surface area contributed by atoms with E-state index in [1.165, 1.54) is 12.8 Å². The Hall–Kier alpha value is -0.130. The molecule has 0 spiro atoms. The van der Waals surface area contributed by atoms with Crippen molar-refractivity contribution < 1.29 is 8.42 Å². The zero-order chi connectivity index (χ0) is 11.4. The fourth-order valence-electron chi connectivity index (χ4n) is 2.64. The van der Waals surface area contributed by atoms with Crippen LogP contribution in [0.2, 0.25) is 0 Å². The van der Waals surface area contributed by atoms with Crippen molar-refractivity contribution in [1.29, 1.82) is 0 Å². The molecule has 4 nitrogen and oxygen atoms in total. The van der Waals surface area contributed by atoms with Crippen LogP contribution >= 0.6 is 0 Å². The summed E-state index contributed by atoms with van der Waals surface area (Å²) in [6.07, 6.45) is 6.29. The van der Waals surface area contributed by atoms with Crippen molar-refractivity contribution in [3.05, 3.63) is 0 Å². The first-order valence-corrected chi connectivity index (χ1v) is 8.02. The van der Waals surface area contributed by atoms with Crippen molar-refractivity contribution in [2.75, 3.05) is 18.8 Å². The molecule has 0 amide bonds. The van der Waals surface area contributed by atoms with Gasteiger partial charge in [-0.25, -0.2) is 13.1 Å². The van der Waals surface area contributed by atoms with Crippen molar-refractivity contribution >= 4 is 10.0 Å². The van der Waals surface area contributed by atoms with Crippen molar-refractivity contribution in [3.63, 3.8) is 0 Å². The molecule has 1 heterocycles. The molecular formula is C11H22N2O2S.